The molecule has 0 radical (unpaired) electrons. The van der Waals surface area contributed by atoms with Crippen LogP contribution in [0.25, 0.3) is 0 Å². The Bertz CT molecular complexity index is 297. The number of rotatable bonds is 3. The predicted molar refractivity (Wildman–Crippen MR) is 49.2 cm³/mol. The van der Waals surface area contributed by atoms with Crippen LogP contribution < -0.4 is 11.3 Å². The Kier molecular flexibility index (Phi) is 2.29. The second kappa shape index (κ2) is 3.44. The normalized spacial score (nSPS) is 18.6. The van der Waals surface area contributed by atoms with E-state index in [1.54, 1.807) is 12.1 Å². The van der Waals surface area contributed by atoms with Gasteiger partial charge >= 0.3 is 0 Å². The molecule has 13 heavy (non-hydrogen) atoms. The van der Waals surface area contributed by atoms with Crippen molar-refractivity contribution in [2.75, 3.05) is 0 Å². The van der Waals surface area contributed by atoms with Gasteiger partial charge in [0, 0.05) is 5.56 Å². The van der Waals surface area contributed by atoms with Crippen molar-refractivity contribution in [1.82, 2.24) is 5.43 Å². The van der Waals surface area contributed by atoms with Crippen LogP contribution in [0, 0.1) is 11.7 Å². The summed E-state index contributed by atoms with van der Waals surface area (Å²) in [5.74, 6) is 5.74. The standard InChI is InChI=1S/C10H13FN2/c11-9-4-2-1-3-8(9)10(13-12)7-5-6-7/h1-4,7,10,13H,5-6,12H2. The third-order valence-electron chi connectivity index (χ3n) is 2.51. The molecule has 1 atom stereocenters. The van der Waals surface area contributed by atoms with Crippen molar-refractivity contribution in [3.05, 3.63) is 35.6 Å². The number of hydrogen-bond donors (Lipinski definition) is 2. The molecule has 3 heteroatoms. The van der Waals surface area contributed by atoms with Gasteiger partial charge in [-0.05, 0) is 24.8 Å². The number of halogens is 1. The number of nitrogens with two attached hydrogens (primary N) is 1. The first kappa shape index (κ1) is 8.66. The summed E-state index contributed by atoms with van der Waals surface area (Å²) in [6.07, 6.45) is 2.28. The lowest BCUT2D eigenvalue weighted by molar-refractivity contribution is 0.469. The second-order valence-electron chi connectivity index (χ2n) is 3.50. The maximum Gasteiger partial charge on any atom is 0.128 e. The molecule has 0 aliphatic heterocycles. The van der Waals surface area contributed by atoms with Gasteiger partial charge in [-0.1, -0.05) is 18.2 Å². The van der Waals surface area contributed by atoms with Gasteiger partial charge in [-0.15, -0.1) is 0 Å². The summed E-state index contributed by atoms with van der Waals surface area (Å²) in [5, 5.41) is 0. The van der Waals surface area contributed by atoms with Gasteiger partial charge in [-0.3, -0.25) is 11.3 Å². The average Bonchev–Trinajstić information content (AvgIpc) is 2.93. The number of hydrogen-bond acceptors (Lipinski definition) is 2. The molecule has 0 amide bonds. The lowest BCUT2D eigenvalue weighted by Crippen LogP contribution is -2.30. The van der Waals surface area contributed by atoms with Crippen molar-refractivity contribution in [1.29, 1.82) is 0 Å². The highest BCUT2D eigenvalue weighted by Crippen LogP contribution is 2.40. The molecule has 1 aliphatic rings. The van der Waals surface area contributed by atoms with E-state index in [-0.39, 0.29) is 11.9 Å². The molecular formula is C10H13FN2. The van der Waals surface area contributed by atoms with Crippen molar-refractivity contribution in [3.8, 4) is 0 Å². The fourth-order valence-electron chi connectivity index (χ4n) is 1.64. The summed E-state index contributed by atoms with van der Waals surface area (Å²) >= 11 is 0. The Labute approximate surface area is 76.9 Å². The Hall–Kier alpha value is -0.930. The van der Waals surface area contributed by atoms with Gasteiger partial charge < -0.3 is 0 Å². The smallest absolute Gasteiger partial charge is 0.128 e. The minimum atomic E-state index is -0.169. The summed E-state index contributed by atoms with van der Waals surface area (Å²) in [6, 6.07) is 6.78. The van der Waals surface area contributed by atoms with E-state index in [9.17, 15) is 4.39 Å². The van der Waals surface area contributed by atoms with Crippen molar-refractivity contribution in [3.63, 3.8) is 0 Å². The Morgan fingerprint density at radius 2 is 2.08 bits per heavy atom. The van der Waals surface area contributed by atoms with Gasteiger partial charge in [-0.25, -0.2) is 4.39 Å². The lowest BCUT2D eigenvalue weighted by atomic mass is 10.0. The van der Waals surface area contributed by atoms with Crippen molar-refractivity contribution in [2.45, 2.75) is 18.9 Å². The molecule has 0 spiro atoms. The number of hydrazine groups is 1. The zero-order valence-corrected chi connectivity index (χ0v) is 7.33. The monoisotopic (exact) mass is 180 g/mol. The molecule has 0 bridgehead atoms. The summed E-state index contributed by atoms with van der Waals surface area (Å²) in [5.41, 5.74) is 3.37. The topological polar surface area (TPSA) is 38.0 Å². The lowest BCUT2D eigenvalue weighted by Gasteiger charge is -2.15. The molecule has 0 heterocycles. The Morgan fingerprint density at radius 1 is 1.38 bits per heavy atom. The zero-order valence-electron chi connectivity index (χ0n) is 7.33. The SMILES string of the molecule is NNC(c1ccccc1F)C1CC1. The van der Waals surface area contributed by atoms with E-state index in [0.29, 0.717) is 11.5 Å². The first-order valence-corrected chi connectivity index (χ1v) is 4.53. The van der Waals surface area contributed by atoms with E-state index in [4.69, 9.17) is 5.84 Å². The first-order valence-electron chi connectivity index (χ1n) is 4.53. The van der Waals surface area contributed by atoms with Gasteiger partial charge in [0.05, 0.1) is 6.04 Å². The van der Waals surface area contributed by atoms with Crippen LogP contribution in [0.15, 0.2) is 24.3 Å². The Morgan fingerprint density at radius 3 is 2.62 bits per heavy atom. The van der Waals surface area contributed by atoms with Gasteiger partial charge in [0.25, 0.3) is 0 Å². The first-order chi connectivity index (χ1) is 6.33. The maximum absolute atomic E-state index is 13.3. The molecule has 0 saturated heterocycles. The minimum Gasteiger partial charge on any atom is -0.271 e. The molecule has 1 saturated carbocycles. The predicted octanol–water partition coefficient (Wildman–Crippen LogP) is 1.74. The molecular weight excluding hydrogens is 167 g/mol. The molecule has 1 fully saturated rings. The van der Waals surface area contributed by atoms with E-state index in [1.165, 1.54) is 6.07 Å². The minimum absolute atomic E-state index is 0.0128. The second-order valence-corrected chi connectivity index (χ2v) is 3.50. The molecule has 1 unspecified atom stereocenters. The van der Waals surface area contributed by atoms with Crippen LogP contribution >= 0.6 is 0 Å². The summed E-state index contributed by atoms with van der Waals surface area (Å²) in [7, 11) is 0. The molecule has 2 nitrogen and oxygen atoms in total. The quantitative estimate of drug-likeness (QED) is 0.549. The number of nitrogens with one attached hydrogen (secondary N) is 1. The summed E-state index contributed by atoms with van der Waals surface area (Å²) in [6.45, 7) is 0. The fraction of sp³-hybridized carbons (Fsp3) is 0.400. The van der Waals surface area contributed by atoms with E-state index in [2.05, 4.69) is 5.43 Å². The van der Waals surface area contributed by atoms with Crippen LogP contribution in [0.5, 0.6) is 0 Å². The third-order valence-corrected chi connectivity index (χ3v) is 2.51. The van der Waals surface area contributed by atoms with Crippen molar-refractivity contribution in [2.24, 2.45) is 11.8 Å². The van der Waals surface area contributed by atoms with E-state index >= 15 is 0 Å². The summed E-state index contributed by atoms with van der Waals surface area (Å²) in [4.78, 5) is 0. The van der Waals surface area contributed by atoms with Crippen LogP contribution in [-0.4, -0.2) is 0 Å². The van der Waals surface area contributed by atoms with Crippen LogP contribution in [-0.2, 0) is 0 Å². The van der Waals surface area contributed by atoms with Gasteiger partial charge in [0.15, 0.2) is 0 Å². The average molecular weight is 180 g/mol. The third kappa shape index (κ3) is 1.71. The highest BCUT2D eigenvalue weighted by atomic mass is 19.1. The zero-order chi connectivity index (χ0) is 9.26. The molecule has 1 aromatic carbocycles. The van der Waals surface area contributed by atoms with E-state index < -0.39 is 0 Å². The fourth-order valence-corrected chi connectivity index (χ4v) is 1.64. The van der Waals surface area contributed by atoms with Gasteiger partial charge in [0.1, 0.15) is 5.82 Å². The van der Waals surface area contributed by atoms with Crippen LogP contribution in [0.2, 0.25) is 0 Å². The van der Waals surface area contributed by atoms with Crippen molar-refractivity contribution >= 4 is 0 Å². The van der Waals surface area contributed by atoms with Crippen LogP contribution in [0.1, 0.15) is 24.4 Å². The largest absolute Gasteiger partial charge is 0.271 e. The van der Waals surface area contributed by atoms with Gasteiger partial charge in [-0.2, -0.15) is 0 Å². The molecule has 1 aliphatic carbocycles. The van der Waals surface area contributed by atoms with Crippen molar-refractivity contribution < 1.29 is 4.39 Å². The van der Waals surface area contributed by atoms with E-state index in [1.807, 2.05) is 6.07 Å². The number of benzene rings is 1. The Balaban J connectivity index is 2.26. The molecule has 1 aromatic rings. The van der Waals surface area contributed by atoms with E-state index in [0.717, 1.165) is 12.8 Å². The highest BCUT2D eigenvalue weighted by Gasteiger charge is 2.32. The van der Waals surface area contributed by atoms with Crippen LogP contribution in [0.3, 0.4) is 0 Å². The van der Waals surface area contributed by atoms with Crippen LogP contribution in [0.4, 0.5) is 4.39 Å². The molecule has 2 rings (SSSR count). The van der Waals surface area contributed by atoms with Gasteiger partial charge in [0.2, 0.25) is 0 Å². The highest BCUT2D eigenvalue weighted by molar-refractivity contribution is 5.22. The molecule has 3 N–H and O–H groups in total. The molecule has 0 aromatic heterocycles. The summed E-state index contributed by atoms with van der Waals surface area (Å²) < 4.78 is 13.3. The maximum atomic E-state index is 13.3. The molecule has 70 valence electrons.